The molecule has 3 aromatic rings. The van der Waals surface area contributed by atoms with E-state index >= 15 is 0 Å². The van der Waals surface area contributed by atoms with Gasteiger partial charge in [0.25, 0.3) is 5.22 Å². The molecule has 0 aliphatic rings. The lowest BCUT2D eigenvalue weighted by molar-refractivity contribution is 0.101. The molecular weight excluding hydrogens is 388 g/mol. The van der Waals surface area contributed by atoms with E-state index in [1.165, 1.54) is 18.7 Å². The Morgan fingerprint density at radius 1 is 1.26 bits per heavy atom. The molecular formula is C19H17ClN2O4S. The molecule has 0 amide bonds. The van der Waals surface area contributed by atoms with Crippen LogP contribution in [0.25, 0.3) is 11.5 Å². The van der Waals surface area contributed by atoms with Gasteiger partial charge in [0, 0.05) is 21.9 Å². The number of aliphatic hydroxyl groups is 1. The zero-order valence-corrected chi connectivity index (χ0v) is 16.0. The van der Waals surface area contributed by atoms with Gasteiger partial charge in [-0.25, -0.2) is 0 Å². The quantitative estimate of drug-likeness (QED) is 0.446. The molecule has 0 fully saturated rings. The van der Waals surface area contributed by atoms with Crippen molar-refractivity contribution in [1.82, 2.24) is 10.2 Å². The maximum Gasteiger partial charge on any atom is 0.276 e. The molecule has 0 saturated carbocycles. The van der Waals surface area contributed by atoms with E-state index in [0.29, 0.717) is 33.2 Å². The van der Waals surface area contributed by atoms with Crippen molar-refractivity contribution in [3.8, 4) is 17.2 Å². The van der Waals surface area contributed by atoms with Gasteiger partial charge in [0.15, 0.2) is 5.78 Å². The maximum atomic E-state index is 11.4. The summed E-state index contributed by atoms with van der Waals surface area (Å²) in [6.45, 7) is 1.58. The van der Waals surface area contributed by atoms with Gasteiger partial charge in [-0.1, -0.05) is 35.5 Å². The van der Waals surface area contributed by atoms with Crippen molar-refractivity contribution in [3.05, 3.63) is 59.1 Å². The number of hydrogen-bond donors (Lipinski definition) is 1. The number of ketones is 1. The van der Waals surface area contributed by atoms with Crippen molar-refractivity contribution in [3.63, 3.8) is 0 Å². The summed E-state index contributed by atoms with van der Waals surface area (Å²) in [4.78, 5) is 11.4. The van der Waals surface area contributed by atoms with Crippen LogP contribution in [0.1, 0.15) is 17.3 Å². The zero-order valence-electron chi connectivity index (χ0n) is 14.5. The SMILES string of the molecule is CC(=O)c1cccc(OC[C@@H](O)CSc2nnc(-c3ccc(Cl)cc3)o2)c1. The Bertz CT molecular complexity index is 914. The normalized spacial score (nSPS) is 12.0. The molecule has 2 aromatic carbocycles. The molecule has 27 heavy (non-hydrogen) atoms. The number of carbonyl (C=O) groups excluding carboxylic acids is 1. The highest BCUT2D eigenvalue weighted by atomic mass is 35.5. The van der Waals surface area contributed by atoms with E-state index in [1.54, 1.807) is 48.5 Å². The lowest BCUT2D eigenvalue weighted by Gasteiger charge is -2.11. The molecule has 0 bridgehead atoms. The Hall–Kier alpha value is -2.35. The summed E-state index contributed by atoms with van der Waals surface area (Å²) in [6, 6.07) is 13.9. The lowest BCUT2D eigenvalue weighted by atomic mass is 10.1. The van der Waals surface area contributed by atoms with Gasteiger partial charge in [0.1, 0.15) is 12.4 Å². The number of hydrogen-bond acceptors (Lipinski definition) is 7. The number of Topliss-reactive ketones (excluding diaryl/α,β-unsaturated/α-hetero) is 1. The van der Waals surface area contributed by atoms with Gasteiger partial charge < -0.3 is 14.3 Å². The van der Waals surface area contributed by atoms with Crippen LogP contribution in [0.3, 0.4) is 0 Å². The zero-order chi connectivity index (χ0) is 19.2. The number of aliphatic hydroxyl groups excluding tert-OH is 1. The number of nitrogens with zero attached hydrogens (tertiary/aromatic N) is 2. The van der Waals surface area contributed by atoms with Gasteiger partial charge in [-0.15, -0.1) is 10.2 Å². The lowest BCUT2D eigenvalue weighted by Crippen LogP contribution is -2.20. The minimum absolute atomic E-state index is 0.0376. The third kappa shape index (κ3) is 5.56. The first-order valence-corrected chi connectivity index (χ1v) is 9.52. The largest absolute Gasteiger partial charge is 0.491 e. The van der Waals surface area contributed by atoms with Gasteiger partial charge in [-0.2, -0.15) is 0 Å². The molecule has 0 aliphatic heterocycles. The topological polar surface area (TPSA) is 85.5 Å². The summed E-state index contributed by atoms with van der Waals surface area (Å²) in [7, 11) is 0. The average Bonchev–Trinajstić information content (AvgIpc) is 3.14. The second kappa shape index (κ2) is 9.03. The van der Waals surface area contributed by atoms with Gasteiger partial charge in [-0.05, 0) is 43.3 Å². The van der Waals surface area contributed by atoms with E-state index in [4.69, 9.17) is 20.8 Å². The molecule has 0 spiro atoms. The van der Waals surface area contributed by atoms with Crippen LogP contribution >= 0.6 is 23.4 Å². The Morgan fingerprint density at radius 2 is 2.04 bits per heavy atom. The van der Waals surface area contributed by atoms with Crippen molar-refractivity contribution in [2.75, 3.05) is 12.4 Å². The van der Waals surface area contributed by atoms with E-state index in [1.807, 2.05) is 0 Å². The molecule has 3 rings (SSSR count). The van der Waals surface area contributed by atoms with Crippen LogP contribution in [-0.2, 0) is 0 Å². The highest BCUT2D eigenvalue weighted by molar-refractivity contribution is 7.99. The fourth-order valence-corrected chi connectivity index (χ4v) is 2.98. The molecule has 1 aromatic heterocycles. The minimum atomic E-state index is -0.734. The monoisotopic (exact) mass is 404 g/mol. The second-order valence-corrected chi connectivity index (χ2v) is 7.15. The second-order valence-electron chi connectivity index (χ2n) is 5.74. The van der Waals surface area contributed by atoms with Crippen molar-refractivity contribution >= 4 is 29.1 Å². The summed E-state index contributed by atoms with van der Waals surface area (Å²) in [5, 5.41) is 19.0. The molecule has 0 saturated heterocycles. The van der Waals surface area contributed by atoms with Crippen molar-refractivity contribution < 1.29 is 19.1 Å². The summed E-state index contributed by atoms with van der Waals surface area (Å²) in [6.07, 6.45) is -0.734. The molecule has 1 N–H and O–H groups in total. The summed E-state index contributed by atoms with van der Waals surface area (Å²) in [5.41, 5.74) is 1.34. The van der Waals surface area contributed by atoms with Gasteiger partial charge in [-0.3, -0.25) is 4.79 Å². The van der Waals surface area contributed by atoms with Crippen LogP contribution in [0.5, 0.6) is 5.75 Å². The first-order valence-electron chi connectivity index (χ1n) is 8.15. The fourth-order valence-electron chi connectivity index (χ4n) is 2.19. The van der Waals surface area contributed by atoms with E-state index in [0.717, 1.165) is 5.56 Å². The number of thioether (sulfide) groups is 1. The number of rotatable bonds is 8. The fraction of sp³-hybridized carbons (Fsp3) is 0.211. The highest BCUT2D eigenvalue weighted by Crippen LogP contribution is 2.25. The number of ether oxygens (including phenoxy) is 1. The molecule has 0 aliphatic carbocycles. The van der Waals surface area contributed by atoms with Crippen LogP contribution in [0.4, 0.5) is 0 Å². The summed E-state index contributed by atoms with van der Waals surface area (Å²) >= 11 is 7.10. The molecule has 0 radical (unpaired) electrons. The van der Waals surface area contributed by atoms with Gasteiger partial charge in [0.05, 0.1) is 6.10 Å². The molecule has 1 atom stereocenters. The summed E-state index contributed by atoms with van der Waals surface area (Å²) in [5.74, 6) is 1.22. The van der Waals surface area contributed by atoms with Crippen molar-refractivity contribution in [2.45, 2.75) is 18.3 Å². The standard InChI is InChI=1S/C19H17ClN2O4S/c1-12(23)14-3-2-4-17(9-14)25-10-16(24)11-27-19-22-21-18(26-19)13-5-7-15(20)8-6-13/h2-9,16,24H,10-11H2,1H3/t16-/m1/s1. The predicted molar refractivity (Wildman–Crippen MR) is 103 cm³/mol. The molecule has 1 heterocycles. The number of aromatic nitrogens is 2. The van der Waals surface area contributed by atoms with Crippen LogP contribution < -0.4 is 4.74 Å². The van der Waals surface area contributed by atoms with E-state index in [9.17, 15) is 9.90 Å². The third-order valence-corrected chi connectivity index (χ3v) is 4.80. The number of benzene rings is 2. The first kappa shape index (κ1) is 19.4. The van der Waals surface area contributed by atoms with E-state index in [-0.39, 0.29) is 12.4 Å². The minimum Gasteiger partial charge on any atom is -0.491 e. The third-order valence-electron chi connectivity index (χ3n) is 3.58. The smallest absolute Gasteiger partial charge is 0.276 e. The van der Waals surface area contributed by atoms with Crippen molar-refractivity contribution in [1.29, 1.82) is 0 Å². The highest BCUT2D eigenvalue weighted by Gasteiger charge is 2.13. The Balaban J connectivity index is 1.49. The first-order chi connectivity index (χ1) is 13.0. The van der Waals surface area contributed by atoms with Crippen LogP contribution in [0, 0.1) is 0 Å². The van der Waals surface area contributed by atoms with Gasteiger partial charge in [0.2, 0.25) is 5.89 Å². The Labute approximate surface area is 165 Å². The molecule has 0 unspecified atom stereocenters. The van der Waals surface area contributed by atoms with Crippen LogP contribution in [-0.4, -0.2) is 39.6 Å². The Kier molecular flexibility index (Phi) is 6.49. The number of carbonyl (C=O) groups is 1. The molecule has 6 nitrogen and oxygen atoms in total. The van der Waals surface area contributed by atoms with Crippen LogP contribution in [0.2, 0.25) is 5.02 Å². The predicted octanol–water partition coefficient (Wildman–Crippen LogP) is 4.12. The average molecular weight is 405 g/mol. The van der Waals surface area contributed by atoms with Crippen LogP contribution in [0.15, 0.2) is 58.2 Å². The summed E-state index contributed by atoms with van der Waals surface area (Å²) < 4.78 is 11.1. The van der Waals surface area contributed by atoms with E-state index < -0.39 is 6.10 Å². The number of halogens is 1. The Morgan fingerprint density at radius 3 is 2.78 bits per heavy atom. The van der Waals surface area contributed by atoms with E-state index in [2.05, 4.69) is 10.2 Å². The maximum absolute atomic E-state index is 11.4. The molecule has 140 valence electrons. The van der Waals surface area contributed by atoms with Crippen molar-refractivity contribution in [2.24, 2.45) is 0 Å². The molecule has 8 heteroatoms. The van der Waals surface area contributed by atoms with Gasteiger partial charge >= 0.3 is 0 Å².